The van der Waals surface area contributed by atoms with E-state index in [0.29, 0.717) is 10.2 Å². The first kappa shape index (κ1) is 26.5. The van der Waals surface area contributed by atoms with Gasteiger partial charge < -0.3 is 5.32 Å². The van der Waals surface area contributed by atoms with Crippen LogP contribution in [-0.4, -0.2) is 34.8 Å². The van der Waals surface area contributed by atoms with Crippen molar-refractivity contribution >= 4 is 31.7 Å². The molecular formula is C20H13BrF6N4O3S. The second kappa shape index (κ2) is 9.53. The largest absolute Gasteiger partial charge is 0.501 e. The van der Waals surface area contributed by atoms with Gasteiger partial charge in [-0.2, -0.15) is 26.3 Å². The van der Waals surface area contributed by atoms with Crippen molar-refractivity contribution in [2.45, 2.75) is 29.5 Å². The molecule has 7 nitrogen and oxygen atoms in total. The molecule has 35 heavy (non-hydrogen) atoms. The lowest BCUT2D eigenvalue weighted by Gasteiger charge is -2.18. The molecule has 15 heteroatoms. The van der Waals surface area contributed by atoms with Crippen LogP contribution in [0.3, 0.4) is 0 Å². The number of benzene rings is 1. The number of nitrogens with one attached hydrogen (secondary N) is 1. The van der Waals surface area contributed by atoms with Crippen LogP contribution in [0.4, 0.5) is 26.3 Å². The summed E-state index contributed by atoms with van der Waals surface area (Å²) in [4.78, 5) is 23.4. The highest BCUT2D eigenvalue weighted by atomic mass is 79.9. The lowest BCUT2D eigenvalue weighted by molar-refractivity contribution is -0.137. The molecule has 3 aromatic rings. The Labute approximate surface area is 202 Å². The third-order valence-electron chi connectivity index (χ3n) is 4.57. The van der Waals surface area contributed by atoms with Gasteiger partial charge in [-0.05, 0) is 53.2 Å². The van der Waals surface area contributed by atoms with Crippen LogP contribution in [0.5, 0.6) is 0 Å². The molecule has 1 atom stereocenters. The SMILES string of the molecule is CC(NC(=O)c1cc(C(F)(F)F)cc(S(=O)(=O)C(F)(F)F)c1)c1nccnc1-c1ccc(Br)cn1. The number of nitrogens with zero attached hydrogens (tertiary/aromatic N) is 3. The van der Waals surface area contributed by atoms with Crippen molar-refractivity contribution in [2.75, 3.05) is 0 Å². The molecule has 2 aromatic heterocycles. The Bertz CT molecular complexity index is 1360. The van der Waals surface area contributed by atoms with Crippen LogP contribution in [0.1, 0.15) is 34.6 Å². The molecule has 0 bridgehead atoms. The maximum absolute atomic E-state index is 13.3. The van der Waals surface area contributed by atoms with Gasteiger partial charge in [0.25, 0.3) is 15.7 Å². The van der Waals surface area contributed by atoms with Gasteiger partial charge in [-0.3, -0.25) is 19.7 Å². The third kappa shape index (κ3) is 5.78. The van der Waals surface area contributed by atoms with Crippen LogP contribution >= 0.6 is 15.9 Å². The van der Waals surface area contributed by atoms with E-state index < -0.39 is 49.5 Å². The number of hydrogen-bond donors (Lipinski definition) is 1. The number of halogens is 7. The molecule has 0 spiro atoms. The summed E-state index contributed by atoms with van der Waals surface area (Å²) >= 11 is 3.23. The number of pyridine rings is 1. The van der Waals surface area contributed by atoms with Crippen LogP contribution in [0, 0.1) is 0 Å². The zero-order chi connectivity index (χ0) is 26.2. The lowest BCUT2D eigenvalue weighted by Crippen LogP contribution is -2.29. The number of rotatable bonds is 5. The van der Waals surface area contributed by atoms with Crippen molar-refractivity contribution in [2.24, 2.45) is 0 Å². The topological polar surface area (TPSA) is 102 Å². The van der Waals surface area contributed by atoms with E-state index in [1.165, 1.54) is 25.5 Å². The summed E-state index contributed by atoms with van der Waals surface area (Å²) < 4.78 is 103. The van der Waals surface area contributed by atoms with E-state index in [0.717, 1.165) is 0 Å². The van der Waals surface area contributed by atoms with Crippen molar-refractivity contribution in [3.8, 4) is 11.4 Å². The summed E-state index contributed by atoms with van der Waals surface area (Å²) in [6.07, 6.45) is -1.11. The first-order valence-corrected chi connectivity index (χ1v) is 11.7. The minimum Gasteiger partial charge on any atom is -0.344 e. The predicted molar refractivity (Wildman–Crippen MR) is 114 cm³/mol. The Kier molecular flexibility index (Phi) is 7.22. The van der Waals surface area contributed by atoms with Crippen LogP contribution in [0.15, 0.2) is 58.3 Å². The van der Waals surface area contributed by atoms with Gasteiger partial charge >= 0.3 is 11.7 Å². The molecule has 0 saturated carbocycles. The Morgan fingerprint density at radius 1 is 1.00 bits per heavy atom. The fraction of sp³-hybridized carbons (Fsp3) is 0.200. The Balaban J connectivity index is 2.00. The van der Waals surface area contributed by atoms with Crippen molar-refractivity contribution < 1.29 is 39.6 Å². The van der Waals surface area contributed by atoms with Gasteiger partial charge in [0, 0.05) is 28.6 Å². The highest BCUT2D eigenvalue weighted by Gasteiger charge is 2.48. The summed E-state index contributed by atoms with van der Waals surface area (Å²) in [5, 5.41) is 2.31. The standard InChI is InChI=1S/C20H13BrF6N4O3S/c1-10(16-17(29-5-4-28-16)15-3-2-13(21)9-30-15)31-18(32)11-6-12(19(22,23)24)8-14(7-11)35(33,34)20(25,26)27/h2-10H,1H3,(H,31,32). The minimum absolute atomic E-state index is 0.158. The quantitative estimate of drug-likeness (QED) is 0.420. The smallest absolute Gasteiger partial charge is 0.344 e. The molecule has 0 aliphatic carbocycles. The monoisotopic (exact) mass is 582 g/mol. The van der Waals surface area contributed by atoms with Gasteiger partial charge in [0.15, 0.2) is 0 Å². The van der Waals surface area contributed by atoms with Crippen molar-refractivity contribution in [1.82, 2.24) is 20.3 Å². The number of hydrogen-bond acceptors (Lipinski definition) is 6. The zero-order valence-corrected chi connectivity index (χ0v) is 19.7. The number of carbonyl (C=O) groups excluding carboxylic acids is 1. The average molecular weight is 583 g/mol. The molecule has 0 aliphatic heterocycles. The minimum atomic E-state index is -6.16. The fourth-order valence-electron chi connectivity index (χ4n) is 2.91. The van der Waals surface area contributed by atoms with Gasteiger partial charge in [-0.25, -0.2) is 8.42 Å². The van der Waals surface area contributed by atoms with E-state index in [1.807, 2.05) is 0 Å². The molecule has 1 N–H and O–H groups in total. The number of aromatic nitrogens is 3. The molecule has 0 fully saturated rings. The second-order valence-corrected chi connectivity index (χ2v) is 9.90. The van der Waals surface area contributed by atoms with E-state index in [9.17, 15) is 39.6 Å². The first-order chi connectivity index (χ1) is 16.1. The number of amides is 1. The Morgan fingerprint density at radius 3 is 2.23 bits per heavy atom. The molecule has 1 amide bonds. The van der Waals surface area contributed by atoms with E-state index in [4.69, 9.17) is 0 Å². The highest BCUT2D eigenvalue weighted by molar-refractivity contribution is 9.10. The summed E-state index contributed by atoms with van der Waals surface area (Å²) in [6, 6.07) is 2.55. The molecule has 3 rings (SSSR count). The van der Waals surface area contributed by atoms with E-state index in [2.05, 4.69) is 36.2 Å². The number of carbonyl (C=O) groups is 1. The summed E-state index contributed by atoms with van der Waals surface area (Å²) in [5.74, 6) is -1.26. The van der Waals surface area contributed by atoms with E-state index in [1.54, 1.807) is 12.1 Å². The zero-order valence-electron chi connectivity index (χ0n) is 17.3. The van der Waals surface area contributed by atoms with Crippen LogP contribution in [-0.2, 0) is 16.0 Å². The first-order valence-electron chi connectivity index (χ1n) is 9.38. The predicted octanol–water partition coefficient (Wildman–Crippen LogP) is 5.10. The van der Waals surface area contributed by atoms with E-state index >= 15 is 0 Å². The normalized spacial score (nSPS) is 13.4. The fourth-order valence-corrected chi connectivity index (χ4v) is 3.98. The van der Waals surface area contributed by atoms with Gasteiger partial charge in [0.1, 0.15) is 5.69 Å². The Morgan fingerprint density at radius 2 is 1.66 bits per heavy atom. The van der Waals surface area contributed by atoms with Crippen LogP contribution in [0.2, 0.25) is 0 Å². The number of sulfone groups is 1. The molecule has 1 aromatic carbocycles. The van der Waals surface area contributed by atoms with E-state index in [-0.39, 0.29) is 29.6 Å². The van der Waals surface area contributed by atoms with Gasteiger partial charge in [0.05, 0.1) is 27.9 Å². The van der Waals surface area contributed by atoms with Gasteiger partial charge in [-0.15, -0.1) is 0 Å². The molecule has 0 aliphatic rings. The summed E-state index contributed by atoms with van der Waals surface area (Å²) in [6.45, 7) is 1.41. The molecule has 0 radical (unpaired) electrons. The molecule has 186 valence electrons. The van der Waals surface area contributed by atoms with Crippen molar-refractivity contribution in [3.05, 3.63) is 70.2 Å². The average Bonchev–Trinajstić information content (AvgIpc) is 2.78. The second-order valence-electron chi connectivity index (χ2n) is 7.04. The van der Waals surface area contributed by atoms with Crippen molar-refractivity contribution in [3.63, 3.8) is 0 Å². The van der Waals surface area contributed by atoms with Crippen LogP contribution < -0.4 is 5.32 Å². The lowest BCUT2D eigenvalue weighted by atomic mass is 10.1. The molecular weight excluding hydrogens is 570 g/mol. The maximum atomic E-state index is 13.3. The summed E-state index contributed by atoms with van der Waals surface area (Å²) in [7, 11) is -6.16. The molecule has 1 unspecified atom stereocenters. The van der Waals surface area contributed by atoms with Crippen molar-refractivity contribution in [1.29, 1.82) is 0 Å². The number of alkyl halides is 6. The molecule has 2 heterocycles. The van der Waals surface area contributed by atoms with Crippen LogP contribution in [0.25, 0.3) is 11.4 Å². The highest BCUT2D eigenvalue weighted by Crippen LogP contribution is 2.36. The van der Waals surface area contributed by atoms with Gasteiger partial charge in [0.2, 0.25) is 0 Å². The third-order valence-corrected chi connectivity index (χ3v) is 6.50. The Hall–Kier alpha value is -3.07. The maximum Gasteiger partial charge on any atom is 0.501 e. The molecule has 0 saturated heterocycles. The van der Waals surface area contributed by atoms with Gasteiger partial charge in [-0.1, -0.05) is 0 Å². The summed E-state index contributed by atoms with van der Waals surface area (Å²) in [5.41, 5.74) is -7.80.